The van der Waals surface area contributed by atoms with E-state index < -0.39 is 0 Å². The van der Waals surface area contributed by atoms with Gasteiger partial charge in [0.05, 0.1) is 13.1 Å². The SMILES string of the molecule is CCCCCCCCCCCCCCCCCC[NH+](CCCCCCCCCCCCCCCCCC)C(C)(C)c1ccccc1.[Cl-]. The fraction of sp³-hybridized carbons (Fsp3) is 0.867. The normalized spacial score (nSPS) is 11.8. The van der Waals surface area contributed by atoms with Crippen LogP contribution in [-0.2, 0) is 5.54 Å². The Hall–Kier alpha value is -0.530. The van der Waals surface area contributed by atoms with Gasteiger partial charge in [-0.2, -0.15) is 0 Å². The smallest absolute Gasteiger partial charge is 0.118 e. The molecule has 0 fully saturated rings. The quantitative estimate of drug-likeness (QED) is 0.0675. The fourth-order valence-electron chi connectivity index (χ4n) is 7.58. The van der Waals surface area contributed by atoms with E-state index in [-0.39, 0.29) is 17.9 Å². The lowest BCUT2D eigenvalue weighted by Crippen LogP contribution is -3.18. The summed E-state index contributed by atoms with van der Waals surface area (Å²) in [6, 6.07) is 11.4. The van der Waals surface area contributed by atoms with Crippen molar-refractivity contribution in [2.45, 2.75) is 239 Å². The standard InChI is InChI=1S/C45H85N.ClH/c1-5-7-9-11-13-15-17-19-21-23-25-27-29-31-33-38-42-46(45(3,4)44-40-36-35-37-41-44)43-39-34-32-30-28-26-24-22-20-18-16-14-12-10-8-6-2;/h35-37,40-41H,5-34,38-39,42-43H2,1-4H3;1H. The predicted octanol–water partition coefficient (Wildman–Crippen LogP) is 11.3. The van der Waals surface area contributed by atoms with Crippen molar-refractivity contribution in [2.75, 3.05) is 13.1 Å². The molecular formula is C45H86ClN. The molecule has 47 heavy (non-hydrogen) atoms. The number of halogens is 1. The van der Waals surface area contributed by atoms with Crippen LogP contribution in [0, 0.1) is 0 Å². The minimum atomic E-state index is 0. The monoisotopic (exact) mass is 676 g/mol. The van der Waals surface area contributed by atoms with Crippen molar-refractivity contribution in [3.8, 4) is 0 Å². The highest BCUT2D eigenvalue weighted by molar-refractivity contribution is 5.20. The average Bonchev–Trinajstić information content (AvgIpc) is 3.07. The van der Waals surface area contributed by atoms with E-state index in [1.165, 1.54) is 224 Å². The van der Waals surface area contributed by atoms with Crippen LogP contribution in [0.25, 0.3) is 0 Å². The molecule has 1 aromatic carbocycles. The summed E-state index contributed by atoms with van der Waals surface area (Å²) in [5, 5.41) is 0. The van der Waals surface area contributed by atoms with Crippen molar-refractivity contribution in [3.63, 3.8) is 0 Å². The molecule has 0 spiro atoms. The third-order valence-corrected chi connectivity index (χ3v) is 11.0. The maximum absolute atomic E-state index is 2.50. The van der Waals surface area contributed by atoms with E-state index in [9.17, 15) is 0 Å². The van der Waals surface area contributed by atoms with Crippen molar-refractivity contribution in [3.05, 3.63) is 35.9 Å². The van der Waals surface area contributed by atoms with E-state index in [1.54, 1.807) is 0 Å². The number of rotatable bonds is 36. The third kappa shape index (κ3) is 27.9. The number of nitrogens with one attached hydrogen (secondary N) is 1. The Morgan fingerprint density at radius 3 is 0.851 bits per heavy atom. The Morgan fingerprint density at radius 2 is 0.596 bits per heavy atom. The average molecular weight is 677 g/mol. The number of unbranched alkanes of at least 4 members (excludes halogenated alkanes) is 30. The molecule has 1 N–H and O–H groups in total. The first-order chi connectivity index (χ1) is 22.6. The van der Waals surface area contributed by atoms with E-state index >= 15 is 0 Å². The summed E-state index contributed by atoms with van der Waals surface area (Å²) < 4.78 is 0. The fourth-order valence-corrected chi connectivity index (χ4v) is 7.58. The van der Waals surface area contributed by atoms with Gasteiger partial charge < -0.3 is 17.3 Å². The highest BCUT2D eigenvalue weighted by Crippen LogP contribution is 2.18. The van der Waals surface area contributed by atoms with Crippen molar-refractivity contribution >= 4 is 0 Å². The molecule has 0 unspecified atom stereocenters. The van der Waals surface area contributed by atoms with Gasteiger partial charge in [-0.25, -0.2) is 0 Å². The highest BCUT2D eigenvalue weighted by Gasteiger charge is 2.31. The third-order valence-electron chi connectivity index (χ3n) is 11.0. The lowest BCUT2D eigenvalue weighted by Gasteiger charge is -2.36. The highest BCUT2D eigenvalue weighted by atomic mass is 35.5. The largest absolute Gasteiger partial charge is 1.00 e. The van der Waals surface area contributed by atoms with Crippen LogP contribution in [0.3, 0.4) is 0 Å². The Bertz CT molecular complexity index is 680. The Balaban J connectivity index is 0.0000212. The first-order valence-electron chi connectivity index (χ1n) is 21.5. The molecule has 0 heterocycles. The molecule has 1 nitrogen and oxygen atoms in total. The summed E-state index contributed by atoms with van der Waals surface area (Å²) in [7, 11) is 0. The van der Waals surface area contributed by atoms with Crippen LogP contribution >= 0.6 is 0 Å². The molecule has 0 atom stereocenters. The summed E-state index contributed by atoms with van der Waals surface area (Å²) in [6.07, 6.45) is 46.4. The van der Waals surface area contributed by atoms with Gasteiger partial charge in [-0.3, -0.25) is 0 Å². The minimum absolute atomic E-state index is 0. The molecule has 2 heteroatoms. The van der Waals surface area contributed by atoms with E-state index in [4.69, 9.17) is 0 Å². The van der Waals surface area contributed by atoms with Gasteiger partial charge in [-0.15, -0.1) is 0 Å². The Morgan fingerprint density at radius 1 is 0.362 bits per heavy atom. The van der Waals surface area contributed by atoms with E-state index in [1.807, 2.05) is 4.90 Å². The van der Waals surface area contributed by atoms with Gasteiger partial charge >= 0.3 is 0 Å². The zero-order chi connectivity index (χ0) is 33.2. The molecule has 0 saturated carbocycles. The van der Waals surface area contributed by atoms with E-state index in [0.717, 1.165) is 0 Å². The molecule has 0 saturated heterocycles. The molecule has 0 radical (unpaired) electrons. The summed E-state index contributed by atoms with van der Waals surface area (Å²) in [6.45, 7) is 12.3. The molecule has 0 bridgehead atoms. The van der Waals surface area contributed by atoms with Gasteiger partial charge in [-0.05, 0) is 39.5 Å². The second-order valence-electron chi connectivity index (χ2n) is 15.7. The second kappa shape index (κ2) is 35.3. The molecule has 278 valence electrons. The minimum Gasteiger partial charge on any atom is -1.00 e. The summed E-state index contributed by atoms with van der Waals surface area (Å²) in [5.41, 5.74) is 1.71. The molecule has 1 rings (SSSR count). The molecule has 1 aromatic rings. The van der Waals surface area contributed by atoms with Crippen molar-refractivity contribution in [1.82, 2.24) is 0 Å². The van der Waals surface area contributed by atoms with Gasteiger partial charge in [-0.1, -0.05) is 224 Å². The Kier molecular flexibility index (Phi) is 34.9. The van der Waals surface area contributed by atoms with Gasteiger partial charge in [0.1, 0.15) is 5.54 Å². The number of quaternary nitrogens is 1. The van der Waals surface area contributed by atoms with Crippen molar-refractivity contribution in [2.24, 2.45) is 0 Å². The second-order valence-corrected chi connectivity index (χ2v) is 15.7. The molecule has 0 aromatic heterocycles. The molecule has 0 aliphatic heterocycles. The maximum atomic E-state index is 2.50. The van der Waals surface area contributed by atoms with Gasteiger partial charge in [0.2, 0.25) is 0 Å². The van der Waals surface area contributed by atoms with Crippen LogP contribution in [0.2, 0.25) is 0 Å². The van der Waals surface area contributed by atoms with E-state index in [2.05, 4.69) is 58.0 Å². The zero-order valence-corrected chi connectivity index (χ0v) is 33.6. The number of hydrogen-bond acceptors (Lipinski definition) is 0. The van der Waals surface area contributed by atoms with Crippen LogP contribution in [0.15, 0.2) is 30.3 Å². The topological polar surface area (TPSA) is 4.44 Å². The maximum Gasteiger partial charge on any atom is 0.118 e. The van der Waals surface area contributed by atoms with Crippen LogP contribution in [0.5, 0.6) is 0 Å². The lowest BCUT2D eigenvalue weighted by atomic mass is 9.91. The van der Waals surface area contributed by atoms with E-state index in [0.29, 0.717) is 0 Å². The molecule has 0 aliphatic carbocycles. The molecule has 0 aliphatic rings. The van der Waals surface area contributed by atoms with Crippen molar-refractivity contribution in [1.29, 1.82) is 0 Å². The van der Waals surface area contributed by atoms with Crippen molar-refractivity contribution < 1.29 is 17.3 Å². The van der Waals surface area contributed by atoms with Crippen LogP contribution in [-0.4, -0.2) is 13.1 Å². The van der Waals surface area contributed by atoms with Gasteiger partial charge in [0, 0.05) is 5.56 Å². The molecular weight excluding hydrogens is 590 g/mol. The first kappa shape index (κ1) is 46.5. The first-order valence-corrected chi connectivity index (χ1v) is 21.5. The lowest BCUT2D eigenvalue weighted by molar-refractivity contribution is -0.957. The van der Waals surface area contributed by atoms with Gasteiger partial charge in [0.15, 0.2) is 0 Å². The predicted molar refractivity (Wildman–Crippen MR) is 209 cm³/mol. The summed E-state index contributed by atoms with van der Waals surface area (Å²) in [5.74, 6) is 0. The van der Waals surface area contributed by atoms with Gasteiger partial charge in [0.25, 0.3) is 0 Å². The molecule has 0 amide bonds. The number of benzene rings is 1. The van der Waals surface area contributed by atoms with Crippen LogP contribution < -0.4 is 17.3 Å². The number of hydrogen-bond donors (Lipinski definition) is 1. The van der Waals surface area contributed by atoms with Crippen LogP contribution in [0.4, 0.5) is 0 Å². The Labute approximate surface area is 304 Å². The summed E-state index contributed by atoms with van der Waals surface area (Å²) >= 11 is 0. The summed E-state index contributed by atoms with van der Waals surface area (Å²) in [4.78, 5) is 1.81. The van der Waals surface area contributed by atoms with Crippen LogP contribution in [0.1, 0.15) is 239 Å². The zero-order valence-electron chi connectivity index (χ0n) is 32.8.